The van der Waals surface area contributed by atoms with Crippen molar-refractivity contribution in [3.63, 3.8) is 0 Å². The Kier molecular flexibility index (Phi) is 7.14. The second-order valence-electron chi connectivity index (χ2n) is 8.22. The molecule has 1 aromatic heterocycles. The zero-order chi connectivity index (χ0) is 24.4. The van der Waals surface area contributed by atoms with Gasteiger partial charge in [0.15, 0.2) is 0 Å². The van der Waals surface area contributed by atoms with E-state index in [9.17, 15) is 0 Å². The number of nitrogens with zero attached hydrogens (tertiary/aromatic N) is 4. The van der Waals surface area contributed by atoms with Gasteiger partial charge < -0.3 is 5.73 Å². The molecule has 0 saturated carbocycles. The number of hydrazone groups is 1. The van der Waals surface area contributed by atoms with Crippen molar-refractivity contribution in [1.29, 1.82) is 0 Å². The largest absolute Gasteiger partial charge is 0.324 e. The lowest BCUT2D eigenvalue weighted by atomic mass is 9.95. The summed E-state index contributed by atoms with van der Waals surface area (Å²) in [5, 5.41) is 19.6. The molecule has 35 heavy (non-hydrogen) atoms. The summed E-state index contributed by atoms with van der Waals surface area (Å²) in [6.45, 7) is 1.95. The highest BCUT2D eigenvalue weighted by Gasteiger charge is 2.48. The van der Waals surface area contributed by atoms with Gasteiger partial charge in [-0.1, -0.05) is 113 Å². The molecule has 1 aliphatic rings. The molecule has 2 atom stereocenters. The minimum atomic E-state index is -0.583. The number of halogens is 2. The lowest BCUT2D eigenvalue weighted by Crippen LogP contribution is -2.38. The Balaban J connectivity index is 1.59. The second-order valence-corrected chi connectivity index (χ2v) is 11.5. The summed E-state index contributed by atoms with van der Waals surface area (Å²) in [5.74, 6) is 0. The van der Waals surface area contributed by atoms with Crippen LogP contribution in [0.15, 0.2) is 84.0 Å². The second kappa shape index (κ2) is 10.3. The molecule has 2 N–H and O–H groups in total. The molecule has 0 saturated heterocycles. The topological polar surface area (TPSA) is 67.4 Å². The molecule has 0 amide bonds. The molecule has 9 heteroatoms. The smallest absolute Gasteiger partial charge is 0.230 e. The van der Waals surface area contributed by atoms with Gasteiger partial charge in [-0.3, -0.25) is 0 Å². The third-order valence-corrected chi connectivity index (χ3v) is 8.86. The maximum atomic E-state index is 6.67. The summed E-state index contributed by atoms with van der Waals surface area (Å²) in [7, 11) is 0. The predicted molar refractivity (Wildman–Crippen MR) is 148 cm³/mol. The van der Waals surface area contributed by atoms with E-state index in [2.05, 4.69) is 22.3 Å². The number of aryl methyl sites for hydroxylation is 1. The monoisotopic (exact) mass is 539 g/mol. The van der Waals surface area contributed by atoms with Gasteiger partial charge in [-0.2, -0.15) is 5.10 Å². The SMILES string of the molecule is Cc1nnc(N2N=C(c3ccccc3Cl)SC2(CCC(N)c2ccccc2Cl)c2ccccc2)s1. The quantitative estimate of drug-likeness (QED) is 0.265. The third kappa shape index (κ3) is 4.84. The van der Waals surface area contributed by atoms with E-state index in [-0.39, 0.29) is 6.04 Å². The van der Waals surface area contributed by atoms with Crippen LogP contribution >= 0.6 is 46.3 Å². The summed E-state index contributed by atoms with van der Waals surface area (Å²) in [4.78, 5) is -0.583. The molecule has 0 spiro atoms. The lowest BCUT2D eigenvalue weighted by molar-refractivity contribution is 0.485. The number of hydrogen-bond donors (Lipinski definition) is 1. The van der Waals surface area contributed by atoms with Crippen LogP contribution < -0.4 is 10.7 Å². The predicted octanol–water partition coefficient (Wildman–Crippen LogP) is 7.40. The zero-order valence-corrected chi connectivity index (χ0v) is 22.1. The number of benzene rings is 3. The van der Waals surface area contributed by atoms with Crippen LogP contribution in [0.1, 0.15) is 40.6 Å². The number of hydrogen-bond acceptors (Lipinski definition) is 7. The van der Waals surface area contributed by atoms with Crippen molar-refractivity contribution >= 4 is 56.5 Å². The summed E-state index contributed by atoms with van der Waals surface area (Å²) < 4.78 is 0. The maximum Gasteiger partial charge on any atom is 0.230 e. The van der Waals surface area contributed by atoms with Gasteiger partial charge in [-0.15, -0.1) is 10.2 Å². The van der Waals surface area contributed by atoms with Crippen LogP contribution in [-0.4, -0.2) is 15.2 Å². The van der Waals surface area contributed by atoms with Crippen molar-refractivity contribution in [2.45, 2.75) is 30.7 Å². The fourth-order valence-electron chi connectivity index (χ4n) is 4.17. The molecule has 3 aromatic carbocycles. The van der Waals surface area contributed by atoms with Crippen LogP contribution in [0.25, 0.3) is 0 Å². The van der Waals surface area contributed by atoms with Crippen molar-refractivity contribution in [3.05, 3.63) is 111 Å². The summed E-state index contributed by atoms with van der Waals surface area (Å²) in [6, 6.07) is 25.6. The molecule has 5 nitrogen and oxygen atoms in total. The minimum Gasteiger partial charge on any atom is -0.324 e. The van der Waals surface area contributed by atoms with Crippen LogP contribution in [0.3, 0.4) is 0 Å². The van der Waals surface area contributed by atoms with Crippen molar-refractivity contribution in [3.8, 4) is 0 Å². The van der Waals surface area contributed by atoms with Crippen LogP contribution in [-0.2, 0) is 4.87 Å². The van der Waals surface area contributed by atoms with Crippen LogP contribution in [0.2, 0.25) is 10.0 Å². The third-order valence-electron chi connectivity index (χ3n) is 5.92. The zero-order valence-electron chi connectivity index (χ0n) is 18.9. The number of anilines is 1. The van der Waals surface area contributed by atoms with Crippen LogP contribution in [0, 0.1) is 6.92 Å². The van der Waals surface area contributed by atoms with Gasteiger partial charge >= 0.3 is 0 Å². The highest BCUT2D eigenvalue weighted by molar-refractivity contribution is 8.15. The number of aromatic nitrogens is 2. The van der Waals surface area contributed by atoms with E-state index in [1.807, 2.05) is 78.7 Å². The fourth-order valence-corrected chi connectivity index (χ4v) is 6.91. The van der Waals surface area contributed by atoms with E-state index in [0.29, 0.717) is 22.9 Å². The summed E-state index contributed by atoms with van der Waals surface area (Å²) >= 11 is 16.2. The fraction of sp³-hybridized carbons (Fsp3) is 0.192. The van der Waals surface area contributed by atoms with Gasteiger partial charge in [-0.25, -0.2) is 5.01 Å². The maximum absolute atomic E-state index is 6.67. The highest BCUT2D eigenvalue weighted by Crippen LogP contribution is 2.53. The standard InChI is InChI=1S/C26H23Cl2N5S2/c1-17-30-31-25(34-17)33-26(18-9-3-2-4-10-18,16-15-23(29)19-11-5-7-13-21(19)27)35-24(32-33)20-12-6-8-14-22(20)28/h2-14,23H,15-16,29H2,1H3. The molecule has 0 bridgehead atoms. The van der Waals surface area contributed by atoms with Gasteiger partial charge in [0.1, 0.15) is 14.9 Å². The van der Waals surface area contributed by atoms with Crippen molar-refractivity contribution in [2.75, 3.05) is 5.01 Å². The lowest BCUT2D eigenvalue weighted by Gasteiger charge is -2.36. The minimum absolute atomic E-state index is 0.229. The van der Waals surface area contributed by atoms with E-state index in [0.717, 1.165) is 31.9 Å². The number of thioether (sulfide) groups is 1. The normalized spacial score (nSPS) is 18.5. The molecule has 4 aromatic rings. The molecule has 2 unspecified atom stereocenters. The van der Waals surface area contributed by atoms with E-state index < -0.39 is 4.87 Å². The van der Waals surface area contributed by atoms with E-state index in [4.69, 9.17) is 34.0 Å². The average molecular weight is 541 g/mol. The van der Waals surface area contributed by atoms with Crippen LogP contribution in [0.4, 0.5) is 5.13 Å². The van der Waals surface area contributed by atoms with Gasteiger partial charge in [0.25, 0.3) is 0 Å². The Morgan fingerprint density at radius 1 is 0.914 bits per heavy atom. The number of rotatable bonds is 7. The molecule has 0 aliphatic carbocycles. The van der Waals surface area contributed by atoms with Gasteiger partial charge in [0.05, 0.1) is 5.02 Å². The van der Waals surface area contributed by atoms with Crippen LogP contribution in [0.5, 0.6) is 0 Å². The number of nitrogens with two attached hydrogens (primary N) is 1. The van der Waals surface area contributed by atoms with Crippen molar-refractivity contribution in [1.82, 2.24) is 10.2 Å². The summed E-state index contributed by atoms with van der Waals surface area (Å²) in [6.07, 6.45) is 1.38. The Bertz CT molecular complexity index is 1360. The average Bonchev–Trinajstić information content (AvgIpc) is 3.48. The first-order chi connectivity index (χ1) is 17.0. The van der Waals surface area contributed by atoms with Gasteiger partial charge in [-0.05, 0) is 43.0 Å². The van der Waals surface area contributed by atoms with Crippen molar-refractivity contribution < 1.29 is 0 Å². The molecular weight excluding hydrogens is 517 g/mol. The van der Waals surface area contributed by atoms with Crippen molar-refractivity contribution in [2.24, 2.45) is 10.8 Å². The van der Waals surface area contributed by atoms with Gasteiger partial charge in [0, 0.05) is 16.6 Å². The molecule has 0 fully saturated rings. The Morgan fingerprint density at radius 2 is 1.60 bits per heavy atom. The molecule has 178 valence electrons. The molecular formula is C26H23Cl2N5S2. The Morgan fingerprint density at radius 3 is 2.29 bits per heavy atom. The Labute approximate surface area is 223 Å². The molecule has 2 heterocycles. The summed E-state index contributed by atoms with van der Waals surface area (Å²) in [5.41, 5.74) is 9.60. The van der Waals surface area contributed by atoms with E-state index >= 15 is 0 Å². The first-order valence-corrected chi connectivity index (χ1v) is 13.6. The molecule has 1 aliphatic heterocycles. The van der Waals surface area contributed by atoms with E-state index in [1.165, 1.54) is 11.3 Å². The first kappa shape index (κ1) is 24.3. The van der Waals surface area contributed by atoms with Gasteiger partial charge in [0.2, 0.25) is 5.13 Å². The first-order valence-electron chi connectivity index (χ1n) is 11.2. The Hall–Kier alpha value is -2.42. The highest BCUT2D eigenvalue weighted by atomic mass is 35.5. The molecule has 5 rings (SSSR count). The van der Waals surface area contributed by atoms with E-state index in [1.54, 1.807) is 11.8 Å². The molecule has 0 radical (unpaired) electrons.